The number of hydrogen-bond acceptors (Lipinski definition) is 5. The van der Waals surface area contributed by atoms with Crippen molar-refractivity contribution in [3.63, 3.8) is 0 Å². The summed E-state index contributed by atoms with van der Waals surface area (Å²) >= 11 is 0. The molecule has 0 radical (unpaired) electrons. The van der Waals surface area contributed by atoms with Gasteiger partial charge >= 0.3 is 5.63 Å². The van der Waals surface area contributed by atoms with Crippen molar-refractivity contribution < 1.29 is 13.9 Å². The van der Waals surface area contributed by atoms with Gasteiger partial charge in [-0.25, -0.2) is 4.79 Å². The fraction of sp³-hybridized carbons (Fsp3) is 0.348. The van der Waals surface area contributed by atoms with Crippen molar-refractivity contribution in [1.82, 2.24) is 4.90 Å². The standard InChI is InChI=1S/C23H25NO4/c1-15-21(27-19-10-12-24(2)13-11-19)9-6-17-14-20(23(25)28-22(15)17)16-4-7-18(26-3)8-5-16/h4-9,14,19H,10-13H2,1-3H3. The molecular weight excluding hydrogens is 354 g/mol. The van der Waals surface area contributed by atoms with Gasteiger partial charge in [0, 0.05) is 24.0 Å². The van der Waals surface area contributed by atoms with Gasteiger partial charge in [0.15, 0.2) is 0 Å². The Labute approximate surface area is 164 Å². The molecule has 0 amide bonds. The number of benzene rings is 2. The second kappa shape index (κ2) is 7.68. The second-order valence-electron chi connectivity index (χ2n) is 7.40. The van der Waals surface area contributed by atoms with Crippen molar-refractivity contribution in [2.75, 3.05) is 27.2 Å². The molecule has 5 heteroatoms. The van der Waals surface area contributed by atoms with E-state index in [9.17, 15) is 4.79 Å². The molecule has 1 saturated heterocycles. The molecule has 2 heterocycles. The normalized spacial score (nSPS) is 15.7. The van der Waals surface area contributed by atoms with Crippen molar-refractivity contribution in [3.8, 4) is 22.6 Å². The van der Waals surface area contributed by atoms with Crippen molar-refractivity contribution in [3.05, 3.63) is 58.4 Å². The quantitative estimate of drug-likeness (QED) is 0.635. The number of hydrogen-bond donors (Lipinski definition) is 0. The lowest BCUT2D eigenvalue weighted by Crippen LogP contribution is -2.35. The predicted octanol–water partition coefficient (Wildman–Crippen LogP) is 4.25. The summed E-state index contributed by atoms with van der Waals surface area (Å²) in [7, 11) is 3.75. The van der Waals surface area contributed by atoms with Crippen LogP contribution in [0.15, 0.2) is 51.7 Å². The van der Waals surface area contributed by atoms with Crippen LogP contribution in [0.2, 0.25) is 0 Å². The van der Waals surface area contributed by atoms with Crippen LogP contribution in [0.3, 0.4) is 0 Å². The third-order valence-electron chi connectivity index (χ3n) is 5.46. The van der Waals surface area contributed by atoms with Crippen molar-refractivity contribution >= 4 is 11.0 Å². The predicted molar refractivity (Wildman–Crippen MR) is 110 cm³/mol. The third kappa shape index (κ3) is 3.62. The van der Waals surface area contributed by atoms with Gasteiger partial charge < -0.3 is 18.8 Å². The first-order chi connectivity index (χ1) is 13.5. The highest BCUT2D eigenvalue weighted by Gasteiger charge is 2.20. The molecule has 1 aliphatic rings. The number of likely N-dealkylation sites (tertiary alicyclic amines) is 1. The minimum atomic E-state index is -0.350. The van der Waals surface area contributed by atoms with Gasteiger partial charge in [0.2, 0.25) is 0 Å². The van der Waals surface area contributed by atoms with E-state index in [1.165, 1.54) is 0 Å². The van der Waals surface area contributed by atoms with E-state index >= 15 is 0 Å². The summed E-state index contributed by atoms with van der Waals surface area (Å²) in [6, 6.07) is 13.2. The number of nitrogens with zero attached hydrogens (tertiary/aromatic N) is 1. The summed E-state index contributed by atoms with van der Waals surface area (Å²) in [5, 5.41) is 0.888. The summed E-state index contributed by atoms with van der Waals surface area (Å²) in [6.07, 6.45) is 2.22. The number of fused-ring (bicyclic) bond motifs is 1. The molecule has 5 nitrogen and oxygen atoms in total. The molecule has 1 aromatic heterocycles. The second-order valence-corrected chi connectivity index (χ2v) is 7.40. The maximum Gasteiger partial charge on any atom is 0.344 e. The zero-order chi connectivity index (χ0) is 19.7. The van der Waals surface area contributed by atoms with Gasteiger partial charge in [-0.05, 0) is 62.7 Å². The van der Waals surface area contributed by atoms with Crippen LogP contribution in [0.5, 0.6) is 11.5 Å². The highest BCUT2D eigenvalue weighted by atomic mass is 16.5. The smallest absolute Gasteiger partial charge is 0.344 e. The molecule has 0 atom stereocenters. The van der Waals surface area contributed by atoms with Crippen LogP contribution in [0.25, 0.3) is 22.1 Å². The highest BCUT2D eigenvalue weighted by Crippen LogP contribution is 2.31. The third-order valence-corrected chi connectivity index (χ3v) is 5.46. The number of methoxy groups -OCH3 is 1. The maximum absolute atomic E-state index is 12.6. The Morgan fingerprint density at radius 3 is 2.46 bits per heavy atom. The van der Waals surface area contributed by atoms with E-state index in [1.54, 1.807) is 7.11 Å². The monoisotopic (exact) mass is 379 g/mol. The minimum Gasteiger partial charge on any atom is -0.497 e. The van der Waals surface area contributed by atoms with Crippen LogP contribution in [0, 0.1) is 6.92 Å². The SMILES string of the molecule is COc1ccc(-c2cc3ccc(OC4CCN(C)CC4)c(C)c3oc2=O)cc1. The molecular formula is C23H25NO4. The van der Waals surface area contributed by atoms with E-state index in [-0.39, 0.29) is 11.7 Å². The fourth-order valence-corrected chi connectivity index (χ4v) is 3.69. The van der Waals surface area contributed by atoms with E-state index in [1.807, 2.05) is 49.4 Å². The van der Waals surface area contributed by atoms with Gasteiger partial charge in [0.1, 0.15) is 23.2 Å². The number of piperidine rings is 1. The molecule has 1 fully saturated rings. The van der Waals surface area contributed by atoms with Gasteiger partial charge in [-0.1, -0.05) is 12.1 Å². The van der Waals surface area contributed by atoms with Crippen LogP contribution in [0.4, 0.5) is 0 Å². The van der Waals surface area contributed by atoms with Crippen LogP contribution in [-0.4, -0.2) is 38.3 Å². The molecule has 0 bridgehead atoms. The first-order valence-electron chi connectivity index (χ1n) is 9.62. The van der Waals surface area contributed by atoms with E-state index in [4.69, 9.17) is 13.9 Å². The molecule has 0 unspecified atom stereocenters. The zero-order valence-electron chi connectivity index (χ0n) is 16.5. The summed E-state index contributed by atoms with van der Waals surface area (Å²) in [5.74, 6) is 1.54. The summed E-state index contributed by atoms with van der Waals surface area (Å²) in [4.78, 5) is 14.9. The van der Waals surface area contributed by atoms with Crippen molar-refractivity contribution in [2.45, 2.75) is 25.9 Å². The average Bonchev–Trinajstić information content (AvgIpc) is 2.72. The van der Waals surface area contributed by atoms with Crippen LogP contribution >= 0.6 is 0 Å². The Morgan fingerprint density at radius 1 is 1.07 bits per heavy atom. The number of rotatable bonds is 4. The molecule has 2 aromatic carbocycles. The average molecular weight is 379 g/mol. The Morgan fingerprint density at radius 2 is 1.79 bits per heavy atom. The van der Waals surface area contributed by atoms with E-state index in [2.05, 4.69) is 11.9 Å². The van der Waals surface area contributed by atoms with Gasteiger partial charge in [-0.15, -0.1) is 0 Å². The molecule has 146 valence electrons. The van der Waals surface area contributed by atoms with Gasteiger partial charge in [0.05, 0.1) is 12.7 Å². The Hall–Kier alpha value is -2.79. The van der Waals surface area contributed by atoms with Gasteiger partial charge in [-0.3, -0.25) is 0 Å². The topological polar surface area (TPSA) is 51.9 Å². The van der Waals surface area contributed by atoms with E-state index in [0.717, 1.165) is 53.9 Å². The summed E-state index contributed by atoms with van der Waals surface area (Å²) in [5.41, 5.74) is 2.46. The van der Waals surface area contributed by atoms with Crippen LogP contribution in [0.1, 0.15) is 18.4 Å². The lowest BCUT2D eigenvalue weighted by atomic mass is 10.0. The molecule has 3 aromatic rings. The highest BCUT2D eigenvalue weighted by molar-refractivity contribution is 5.85. The Bertz CT molecular complexity index is 1030. The fourth-order valence-electron chi connectivity index (χ4n) is 3.69. The lowest BCUT2D eigenvalue weighted by Gasteiger charge is -2.29. The van der Waals surface area contributed by atoms with E-state index < -0.39 is 0 Å². The van der Waals surface area contributed by atoms with Gasteiger partial charge in [-0.2, -0.15) is 0 Å². The van der Waals surface area contributed by atoms with Crippen molar-refractivity contribution in [2.24, 2.45) is 0 Å². The first kappa shape index (κ1) is 18.6. The summed E-state index contributed by atoms with van der Waals surface area (Å²) in [6.45, 7) is 4.03. The largest absolute Gasteiger partial charge is 0.497 e. The maximum atomic E-state index is 12.6. The molecule has 28 heavy (non-hydrogen) atoms. The van der Waals surface area contributed by atoms with Gasteiger partial charge in [0.25, 0.3) is 0 Å². The molecule has 0 N–H and O–H groups in total. The Balaban J connectivity index is 1.66. The first-order valence-corrected chi connectivity index (χ1v) is 9.62. The summed E-state index contributed by atoms with van der Waals surface area (Å²) < 4.78 is 17.1. The lowest BCUT2D eigenvalue weighted by molar-refractivity contribution is 0.113. The van der Waals surface area contributed by atoms with Crippen LogP contribution in [-0.2, 0) is 0 Å². The Kier molecular flexibility index (Phi) is 5.09. The molecule has 0 spiro atoms. The van der Waals surface area contributed by atoms with Crippen molar-refractivity contribution in [1.29, 1.82) is 0 Å². The van der Waals surface area contributed by atoms with Crippen LogP contribution < -0.4 is 15.1 Å². The molecule has 4 rings (SSSR count). The molecule has 1 aliphatic heterocycles. The number of ether oxygens (including phenoxy) is 2. The zero-order valence-corrected chi connectivity index (χ0v) is 16.5. The number of aryl methyl sites for hydroxylation is 1. The minimum absolute atomic E-state index is 0.206. The molecule has 0 aliphatic carbocycles. The van der Waals surface area contributed by atoms with E-state index in [0.29, 0.717) is 11.1 Å². The molecule has 0 saturated carbocycles.